The van der Waals surface area contributed by atoms with Gasteiger partial charge in [-0.2, -0.15) is 0 Å². The summed E-state index contributed by atoms with van der Waals surface area (Å²) in [6.45, 7) is 7.89. The number of hydrogen-bond donors (Lipinski definition) is 1. The standard InChI is InChI=1S/C15H26N2O3/c1-10-6-11(2)8-16(7-10)14(18)9-17(13-4-5-13)12(3)15(19)20/h10-13H,4-9H2,1-3H3,(H,19,20). The molecule has 5 heteroatoms. The SMILES string of the molecule is CC1CC(C)CN(C(=O)CN(C2CC2)C(C)C(=O)O)C1. The number of carbonyl (C=O) groups excluding carboxylic acids is 1. The number of carboxylic acids is 1. The number of likely N-dealkylation sites (tertiary alicyclic amines) is 1. The van der Waals surface area contributed by atoms with Crippen LogP contribution in [0.2, 0.25) is 0 Å². The highest BCUT2D eigenvalue weighted by atomic mass is 16.4. The summed E-state index contributed by atoms with van der Waals surface area (Å²) in [7, 11) is 0. The summed E-state index contributed by atoms with van der Waals surface area (Å²) in [5.74, 6) is 0.316. The van der Waals surface area contributed by atoms with Crippen LogP contribution < -0.4 is 0 Å². The van der Waals surface area contributed by atoms with Crippen LogP contribution in [0.15, 0.2) is 0 Å². The predicted octanol–water partition coefficient (Wildman–Crippen LogP) is 1.43. The average molecular weight is 282 g/mol. The van der Waals surface area contributed by atoms with E-state index < -0.39 is 12.0 Å². The minimum atomic E-state index is -0.843. The Morgan fingerprint density at radius 1 is 1.25 bits per heavy atom. The van der Waals surface area contributed by atoms with Crippen LogP contribution in [0.5, 0.6) is 0 Å². The zero-order valence-corrected chi connectivity index (χ0v) is 12.7. The first kappa shape index (κ1) is 15.3. The third-order valence-corrected chi connectivity index (χ3v) is 4.41. The van der Waals surface area contributed by atoms with Crippen molar-refractivity contribution in [3.05, 3.63) is 0 Å². The van der Waals surface area contributed by atoms with Gasteiger partial charge in [-0.15, -0.1) is 0 Å². The van der Waals surface area contributed by atoms with Crippen molar-refractivity contribution >= 4 is 11.9 Å². The molecule has 0 aromatic rings. The van der Waals surface area contributed by atoms with Gasteiger partial charge in [-0.1, -0.05) is 13.8 Å². The lowest BCUT2D eigenvalue weighted by Gasteiger charge is -2.36. The van der Waals surface area contributed by atoms with Gasteiger partial charge in [-0.25, -0.2) is 0 Å². The minimum Gasteiger partial charge on any atom is -0.480 e. The summed E-state index contributed by atoms with van der Waals surface area (Å²) in [5, 5.41) is 9.17. The van der Waals surface area contributed by atoms with Crippen molar-refractivity contribution in [2.24, 2.45) is 11.8 Å². The normalized spacial score (nSPS) is 28.5. The number of aliphatic carboxylic acids is 1. The van der Waals surface area contributed by atoms with Crippen molar-refractivity contribution in [3.63, 3.8) is 0 Å². The van der Waals surface area contributed by atoms with Crippen LogP contribution in [-0.2, 0) is 9.59 Å². The van der Waals surface area contributed by atoms with Gasteiger partial charge in [0.15, 0.2) is 0 Å². The van der Waals surface area contributed by atoms with Crippen LogP contribution in [0.25, 0.3) is 0 Å². The van der Waals surface area contributed by atoms with Crippen molar-refractivity contribution in [3.8, 4) is 0 Å². The molecule has 1 aliphatic heterocycles. The summed E-state index contributed by atoms with van der Waals surface area (Å²) in [6, 6.07) is -0.296. The third kappa shape index (κ3) is 3.72. The van der Waals surface area contributed by atoms with Crippen LogP contribution >= 0.6 is 0 Å². The van der Waals surface area contributed by atoms with Crippen LogP contribution in [-0.4, -0.2) is 58.5 Å². The van der Waals surface area contributed by atoms with Crippen LogP contribution in [0.4, 0.5) is 0 Å². The summed E-state index contributed by atoms with van der Waals surface area (Å²) in [5.41, 5.74) is 0. The maximum atomic E-state index is 12.5. The third-order valence-electron chi connectivity index (χ3n) is 4.41. The molecule has 3 unspecified atom stereocenters. The Morgan fingerprint density at radius 3 is 2.25 bits per heavy atom. The Kier molecular flexibility index (Phi) is 4.68. The van der Waals surface area contributed by atoms with Gasteiger partial charge < -0.3 is 10.0 Å². The molecule has 0 aromatic carbocycles. The van der Waals surface area contributed by atoms with Gasteiger partial charge in [0, 0.05) is 19.1 Å². The van der Waals surface area contributed by atoms with E-state index in [2.05, 4.69) is 13.8 Å². The Hall–Kier alpha value is -1.10. The van der Waals surface area contributed by atoms with Gasteiger partial charge >= 0.3 is 5.97 Å². The van der Waals surface area contributed by atoms with E-state index in [4.69, 9.17) is 5.11 Å². The Morgan fingerprint density at radius 2 is 1.80 bits per heavy atom. The molecule has 0 radical (unpaired) electrons. The molecule has 0 spiro atoms. The Balaban J connectivity index is 1.96. The van der Waals surface area contributed by atoms with Gasteiger partial charge in [0.25, 0.3) is 0 Å². The van der Waals surface area contributed by atoms with E-state index in [1.54, 1.807) is 6.92 Å². The molecular formula is C15H26N2O3. The molecule has 1 N–H and O–H groups in total. The molecule has 1 aliphatic carbocycles. The van der Waals surface area contributed by atoms with Crippen LogP contribution in [0.3, 0.4) is 0 Å². The van der Waals surface area contributed by atoms with E-state index in [1.807, 2.05) is 9.80 Å². The quantitative estimate of drug-likeness (QED) is 0.828. The predicted molar refractivity (Wildman–Crippen MR) is 76.4 cm³/mol. The van der Waals surface area contributed by atoms with Gasteiger partial charge in [0.1, 0.15) is 6.04 Å². The molecule has 2 rings (SSSR count). The molecule has 1 saturated carbocycles. The molecule has 20 heavy (non-hydrogen) atoms. The molecule has 2 fully saturated rings. The zero-order valence-electron chi connectivity index (χ0n) is 12.7. The number of hydrogen-bond acceptors (Lipinski definition) is 3. The highest BCUT2D eigenvalue weighted by Crippen LogP contribution is 2.29. The molecule has 5 nitrogen and oxygen atoms in total. The van der Waals surface area contributed by atoms with E-state index in [0.717, 1.165) is 25.9 Å². The fraction of sp³-hybridized carbons (Fsp3) is 0.867. The average Bonchev–Trinajstić information content (AvgIpc) is 3.17. The number of carbonyl (C=O) groups is 2. The smallest absolute Gasteiger partial charge is 0.320 e. The number of piperidine rings is 1. The maximum absolute atomic E-state index is 12.5. The fourth-order valence-corrected chi connectivity index (χ4v) is 3.25. The van der Waals surface area contributed by atoms with E-state index >= 15 is 0 Å². The summed E-state index contributed by atoms with van der Waals surface area (Å²) in [4.78, 5) is 27.4. The van der Waals surface area contributed by atoms with Crippen molar-refractivity contribution in [1.82, 2.24) is 9.80 Å². The number of rotatable bonds is 5. The minimum absolute atomic E-state index is 0.0865. The van der Waals surface area contributed by atoms with Crippen molar-refractivity contribution in [1.29, 1.82) is 0 Å². The maximum Gasteiger partial charge on any atom is 0.320 e. The van der Waals surface area contributed by atoms with Crippen LogP contribution in [0, 0.1) is 11.8 Å². The van der Waals surface area contributed by atoms with Crippen molar-refractivity contribution in [2.45, 2.75) is 52.1 Å². The van der Waals surface area contributed by atoms with Gasteiger partial charge in [-0.3, -0.25) is 14.5 Å². The first-order valence-electron chi connectivity index (χ1n) is 7.64. The summed E-state index contributed by atoms with van der Waals surface area (Å²) >= 11 is 0. The molecule has 1 saturated heterocycles. The highest BCUT2D eigenvalue weighted by Gasteiger charge is 2.37. The molecule has 0 bridgehead atoms. The van der Waals surface area contributed by atoms with E-state index in [-0.39, 0.29) is 18.5 Å². The number of nitrogens with zero attached hydrogens (tertiary/aromatic N) is 2. The topological polar surface area (TPSA) is 60.9 Å². The molecule has 2 aliphatic rings. The number of amides is 1. The first-order valence-corrected chi connectivity index (χ1v) is 7.64. The van der Waals surface area contributed by atoms with Gasteiger partial charge in [-0.05, 0) is 38.0 Å². The second-order valence-corrected chi connectivity index (χ2v) is 6.66. The molecule has 1 amide bonds. The van der Waals surface area contributed by atoms with Crippen LogP contribution in [0.1, 0.15) is 40.0 Å². The lowest BCUT2D eigenvalue weighted by molar-refractivity contribution is -0.145. The Labute approximate surface area is 120 Å². The largest absolute Gasteiger partial charge is 0.480 e. The zero-order chi connectivity index (χ0) is 14.9. The monoisotopic (exact) mass is 282 g/mol. The molecule has 114 valence electrons. The Bertz CT molecular complexity index is 371. The summed E-state index contributed by atoms with van der Waals surface area (Å²) < 4.78 is 0. The second-order valence-electron chi connectivity index (χ2n) is 6.66. The van der Waals surface area contributed by atoms with Crippen molar-refractivity contribution in [2.75, 3.05) is 19.6 Å². The van der Waals surface area contributed by atoms with Gasteiger partial charge in [0.2, 0.25) is 5.91 Å². The molecule has 3 atom stereocenters. The molecule has 0 aromatic heterocycles. The fourth-order valence-electron chi connectivity index (χ4n) is 3.25. The molecular weight excluding hydrogens is 256 g/mol. The number of carboxylic acid groups (broad SMARTS) is 1. The lowest BCUT2D eigenvalue weighted by atomic mass is 9.92. The van der Waals surface area contributed by atoms with Crippen molar-refractivity contribution < 1.29 is 14.7 Å². The van der Waals surface area contributed by atoms with E-state index in [1.165, 1.54) is 6.42 Å². The van der Waals surface area contributed by atoms with Gasteiger partial charge in [0.05, 0.1) is 6.54 Å². The van der Waals surface area contributed by atoms with E-state index in [9.17, 15) is 9.59 Å². The molecule has 1 heterocycles. The second kappa shape index (κ2) is 6.12. The summed E-state index contributed by atoms with van der Waals surface area (Å²) in [6.07, 6.45) is 3.19. The van der Waals surface area contributed by atoms with E-state index in [0.29, 0.717) is 11.8 Å². The lowest BCUT2D eigenvalue weighted by Crippen LogP contribution is -2.50. The highest BCUT2D eigenvalue weighted by molar-refractivity contribution is 5.80. The first-order chi connectivity index (χ1) is 9.38.